The van der Waals surface area contributed by atoms with Gasteiger partial charge in [0.2, 0.25) is 0 Å². The lowest BCUT2D eigenvalue weighted by molar-refractivity contribution is 0.0821. The third kappa shape index (κ3) is 3.18. The first-order valence-corrected chi connectivity index (χ1v) is 8.46. The number of aryl methyl sites for hydroxylation is 2. The number of carbonyl (C=O) groups excluding carboxylic acids is 1. The molecule has 25 heavy (non-hydrogen) atoms. The molecule has 1 aliphatic heterocycles. The second-order valence-electron chi connectivity index (χ2n) is 6.91. The van der Waals surface area contributed by atoms with E-state index < -0.39 is 5.54 Å². The van der Waals surface area contributed by atoms with E-state index in [-0.39, 0.29) is 5.91 Å². The highest BCUT2D eigenvalue weighted by Crippen LogP contribution is 2.39. The molecule has 0 bridgehead atoms. The Morgan fingerprint density at radius 2 is 2.00 bits per heavy atom. The lowest BCUT2D eigenvalue weighted by Crippen LogP contribution is -2.41. The molecule has 132 valence electrons. The first-order valence-electron chi connectivity index (χ1n) is 8.46. The highest BCUT2D eigenvalue weighted by Gasteiger charge is 2.42. The van der Waals surface area contributed by atoms with Gasteiger partial charge in [-0.2, -0.15) is 0 Å². The summed E-state index contributed by atoms with van der Waals surface area (Å²) in [4.78, 5) is 34.2. The van der Waals surface area contributed by atoms with E-state index in [0.717, 1.165) is 36.7 Å². The summed E-state index contributed by atoms with van der Waals surface area (Å²) < 4.78 is 0. The lowest BCUT2D eigenvalue weighted by atomic mass is 9.97. The zero-order valence-electron chi connectivity index (χ0n) is 15.4. The Labute approximate surface area is 148 Å². The van der Waals surface area contributed by atoms with Crippen LogP contribution in [-0.4, -0.2) is 51.4 Å². The molecular formula is C18H24N6O. The molecule has 0 spiro atoms. The van der Waals surface area contributed by atoms with Crippen LogP contribution in [-0.2, 0) is 5.54 Å². The van der Waals surface area contributed by atoms with Crippen molar-refractivity contribution >= 4 is 11.7 Å². The van der Waals surface area contributed by atoms with Crippen molar-refractivity contribution in [2.75, 3.05) is 25.5 Å². The van der Waals surface area contributed by atoms with Gasteiger partial charge in [0.05, 0.1) is 5.54 Å². The van der Waals surface area contributed by atoms with E-state index in [2.05, 4.69) is 31.8 Å². The average molecular weight is 340 g/mol. The number of hydrogen-bond donors (Lipinski definition) is 0. The molecule has 0 aromatic carbocycles. The number of amides is 1. The topological polar surface area (TPSA) is 75.1 Å². The molecule has 1 atom stereocenters. The smallest absolute Gasteiger partial charge is 0.272 e. The number of anilines is 1. The van der Waals surface area contributed by atoms with Crippen LogP contribution in [0.3, 0.4) is 0 Å². The standard InChI is InChI=1S/C18H24N6O/c1-12-11-14(16(25)23(4)5)22-17(20-12)18(3)8-6-10-24(18)15-7-9-19-13(2)21-15/h7,9,11H,6,8,10H2,1-5H3/t18-/m0/s1. The minimum absolute atomic E-state index is 0.113. The van der Waals surface area contributed by atoms with E-state index in [1.54, 1.807) is 26.4 Å². The second kappa shape index (κ2) is 6.38. The summed E-state index contributed by atoms with van der Waals surface area (Å²) in [5, 5.41) is 0. The van der Waals surface area contributed by atoms with Crippen molar-refractivity contribution in [3.63, 3.8) is 0 Å². The third-order valence-electron chi connectivity index (χ3n) is 4.64. The maximum atomic E-state index is 12.4. The normalized spacial score (nSPS) is 20.0. The molecule has 2 aromatic rings. The fourth-order valence-electron chi connectivity index (χ4n) is 3.31. The summed E-state index contributed by atoms with van der Waals surface area (Å²) in [6.45, 7) is 6.78. The maximum Gasteiger partial charge on any atom is 0.272 e. The predicted molar refractivity (Wildman–Crippen MR) is 95.5 cm³/mol. The molecule has 1 aliphatic rings. The maximum absolute atomic E-state index is 12.4. The number of carbonyl (C=O) groups is 1. The van der Waals surface area contributed by atoms with Crippen molar-refractivity contribution in [3.8, 4) is 0 Å². The van der Waals surface area contributed by atoms with Gasteiger partial charge >= 0.3 is 0 Å². The molecule has 3 rings (SSSR count). The Morgan fingerprint density at radius 1 is 1.24 bits per heavy atom. The Hall–Kier alpha value is -2.57. The van der Waals surface area contributed by atoms with Crippen LogP contribution >= 0.6 is 0 Å². The van der Waals surface area contributed by atoms with Crippen LogP contribution in [0.2, 0.25) is 0 Å². The Bertz CT molecular complexity index is 806. The summed E-state index contributed by atoms with van der Waals surface area (Å²) in [6, 6.07) is 3.65. The average Bonchev–Trinajstić information content (AvgIpc) is 2.96. The van der Waals surface area contributed by atoms with Crippen LogP contribution in [0.4, 0.5) is 5.82 Å². The SMILES string of the molecule is Cc1cc(C(=O)N(C)C)nc([C@]2(C)CCCN2c2ccnc(C)n2)n1. The van der Waals surface area contributed by atoms with Gasteiger partial charge in [0.1, 0.15) is 17.3 Å². The van der Waals surface area contributed by atoms with Crippen molar-refractivity contribution in [2.24, 2.45) is 0 Å². The molecule has 7 nitrogen and oxygen atoms in total. The van der Waals surface area contributed by atoms with Crippen LogP contribution in [0.25, 0.3) is 0 Å². The lowest BCUT2D eigenvalue weighted by Gasteiger charge is -2.35. The zero-order chi connectivity index (χ0) is 18.2. The molecule has 1 amide bonds. The van der Waals surface area contributed by atoms with Crippen molar-refractivity contribution in [3.05, 3.63) is 41.4 Å². The molecular weight excluding hydrogens is 316 g/mol. The second-order valence-corrected chi connectivity index (χ2v) is 6.91. The van der Waals surface area contributed by atoms with Gasteiger partial charge in [-0.15, -0.1) is 0 Å². The van der Waals surface area contributed by atoms with Crippen molar-refractivity contribution in [2.45, 2.75) is 39.2 Å². The number of nitrogens with zero attached hydrogens (tertiary/aromatic N) is 6. The first kappa shape index (κ1) is 17.3. The number of hydrogen-bond acceptors (Lipinski definition) is 6. The summed E-state index contributed by atoms with van der Waals surface area (Å²) in [5.41, 5.74) is 0.829. The fraction of sp³-hybridized carbons (Fsp3) is 0.500. The van der Waals surface area contributed by atoms with Gasteiger partial charge in [-0.3, -0.25) is 4.79 Å². The summed E-state index contributed by atoms with van der Waals surface area (Å²) in [6.07, 6.45) is 3.71. The Morgan fingerprint density at radius 3 is 2.68 bits per heavy atom. The van der Waals surface area contributed by atoms with Gasteiger partial charge in [0, 0.05) is 32.5 Å². The van der Waals surface area contributed by atoms with Gasteiger partial charge in [-0.25, -0.2) is 19.9 Å². The number of aromatic nitrogens is 4. The molecule has 1 saturated heterocycles. The fourth-order valence-corrected chi connectivity index (χ4v) is 3.31. The minimum Gasteiger partial charge on any atom is -0.344 e. The monoisotopic (exact) mass is 340 g/mol. The zero-order valence-corrected chi connectivity index (χ0v) is 15.4. The van der Waals surface area contributed by atoms with Crippen LogP contribution < -0.4 is 4.90 Å². The highest BCUT2D eigenvalue weighted by molar-refractivity contribution is 5.92. The van der Waals surface area contributed by atoms with Crippen molar-refractivity contribution in [1.82, 2.24) is 24.8 Å². The first-order chi connectivity index (χ1) is 11.8. The highest BCUT2D eigenvalue weighted by atomic mass is 16.2. The molecule has 0 unspecified atom stereocenters. The number of rotatable bonds is 3. The molecule has 0 radical (unpaired) electrons. The van der Waals surface area contributed by atoms with E-state index in [1.165, 1.54) is 4.90 Å². The van der Waals surface area contributed by atoms with Crippen molar-refractivity contribution < 1.29 is 4.79 Å². The van der Waals surface area contributed by atoms with Gasteiger partial charge in [-0.05, 0) is 45.7 Å². The molecule has 1 fully saturated rings. The third-order valence-corrected chi connectivity index (χ3v) is 4.64. The predicted octanol–water partition coefficient (Wildman–Crippen LogP) is 2.10. The molecule has 0 saturated carbocycles. The van der Waals surface area contributed by atoms with Crippen LogP contribution in [0.1, 0.15) is 47.6 Å². The summed E-state index contributed by atoms with van der Waals surface area (Å²) in [7, 11) is 3.46. The van der Waals surface area contributed by atoms with Gasteiger partial charge in [-0.1, -0.05) is 0 Å². The molecule has 0 aliphatic carbocycles. The molecule has 2 aromatic heterocycles. The van der Waals surface area contributed by atoms with Gasteiger partial charge in [0.15, 0.2) is 5.82 Å². The largest absolute Gasteiger partial charge is 0.344 e. The molecule has 3 heterocycles. The van der Waals surface area contributed by atoms with E-state index in [1.807, 2.05) is 19.9 Å². The van der Waals surface area contributed by atoms with E-state index in [9.17, 15) is 4.79 Å². The summed E-state index contributed by atoms with van der Waals surface area (Å²) >= 11 is 0. The summed E-state index contributed by atoms with van der Waals surface area (Å²) in [5.74, 6) is 2.17. The van der Waals surface area contributed by atoms with E-state index >= 15 is 0 Å². The molecule has 7 heteroatoms. The van der Waals surface area contributed by atoms with Crippen LogP contribution in [0.15, 0.2) is 18.3 Å². The molecule has 0 N–H and O–H groups in total. The quantitative estimate of drug-likeness (QED) is 0.852. The van der Waals surface area contributed by atoms with Crippen LogP contribution in [0, 0.1) is 13.8 Å². The van der Waals surface area contributed by atoms with Gasteiger partial charge < -0.3 is 9.80 Å². The van der Waals surface area contributed by atoms with Crippen LogP contribution in [0.5, 0.6) is 0 Å². The van der Waals surface area contributed by atoms with E-state index in [4.69, 9.17) is 0 Å². The van der Waals surface area contributed by atoms with Gasteiger partial charge in [0.25, 0.3) is 5.91 Å². The minimum atomic E-state index is -0.395. The Kier molecular flexibility index (Phi) is 4.41. The van der Waals surface area contributed by atoms with E-state index in [0.29, 0.717) is 11.5 Å². The van der Waals surface area contributed by atoms with Crippen molar-refractivity contribution in [1.29, 1.82) is 0 Å². The Balaban J connectivity index is 2.06.